The molecule has 140 valence electrons. The van der Waals surface area contributed by atoms with E-state index in [0.717, 1.165) is 44.8 Å². The summed E-state index contributed by atoms with van der Waals surface area (Å²) < 4.78 is 0. The second-order valence-corrected chi connectivity index (χ2v) is 8.33. The molecule has 0 aliphatic carbocycles. The molecule has 4 saturated heterocycles. The Kier molecular flexibility index (Phi) is 4.21. The van der Waals surface area contributed by atoms with Crippen molar-refractivity contribution in [2.24, 2.45) is 5.92 Å². The van der Waals surface area contributed by atoms with Crippen LogP contribution in [0.25, 0.3) is 0 Å². The van der Waals surface area contributed by atoms with E-state index in [1.54, 1.807) is 12.4 Å². The van der Waals surface area contributed by atoms with E-state index in [1.807, 2.05) is 12.1 Å². The van der Waals surface area contributed by atoms with Gasteiger partial charge >= 0.3 is 0 Å². The van der Waals surface area contributed by atoms with Crippen molar-refractivity contribution in [3.8, 4) is 0 Å². The van der Waals surface area contributed by atoms with Gasteiger partial charge in [0.2, 0.25) is 5.91 Å². The lowest BCUT2D eigenvalue weighted by molar-refractivity contribution is -0.123. The molecule has 0 saturated carbocycles. The lowest BCUT2D eigenvalue weighted by Crippen LogP contribution is -2.70. The SMILES string of the molecule is O=C(Cc1ccncc1)NC1C2CN3CCN(C2)CC1(c1ccccc1)C3. The molecule has 5 heterocycles. The van der Waals surface area contributed by atoms with E-state index in [9.17, 15) is 4.79 Å². The topological polar surface area (TPSA) is 48.5 Å². The maximum Gasteiger partial charge on any atom is 0.224 e. The minimum absolute atomic E-state index is 0.0210. The van der Waals surface area contributed by atoms with Crippen LogP contribution in [0.15, 0.2) is 54.9 Å². The Bertz CT molecular complexity index is 794. The Balaban J connectivity index is 1.45. The van der Waals surface area contributed by atoms with E-state index in [4.69, 9.17) is 0 Å². The summed E-state index contributed by atoms with van der Waals surface area (Å²) in [5, 5.41) is 3.46. The maximum atomic E-state index is 12.9. The first-order valence-corrected chi connectivity index (χ1v) is 9.91. The summed E-state index contributed by atoms with van der Waals surface area (Å²) in [6, 6.07) is 14.9. The van der Waals surface area contributed by atoms with Crippen LogP contribution in [0, 0.1) is 5.92 Å². The fourth-order valence-electron chi connectivity index (χ4n) is 5.48. The fourth-order valence-corrected chi connectivity index (χ4v) is 5.48. The summed E-state index contributed by atoms with van der Waals surface area (Å²) in [7, 11) is 0. The summed E-state index contributed by atoms with van der Waals surface area (Å²) in [6.07, 6.45) is 3.92. The molecule has 1 aromatic heterocycles. The van der Waals surface area contributed by atoms with Crippen LogP contribution in [-0.2, 0) is 16.6 Å². The number of amides is 1. The summed E-state index contributed by atoms with van der Waals surface area (Å²) in [4.78, 5) is 22.2. The van der Waals surface area contributed by atoms with Crippen LogP contribution in [0.3, 0.4) is 0 Å². The molecule has 5 nitrogen and oxygen atoms in total. The average molecular weight is 362 g/mol. The van der Waals surface area contributed by atoms with Gasteiger partial charge in [-0.25, -0.2) is 0 Å². The highest BCUT2D eigenvalue weighted by Crippen LogP contribution is 2.43. The zero-order chi connectivity index (χ0) is 18.3. The second kappa shape index (κ2) is 6.73. The van der Waals surface area contributed by atoms with Crippen molar-refractivity contribution in [1.29, 1.82) is 0 Å². The first-order chi connectivity index (χ1) is 13.2. The Morgan fingerprint density at radius 2 is 1.70 bits per heavy atom. The number of hydrogen-bond donors (Lipinski definition) is 1. The molecule has 3 unspecified atom stereocenters. The van der Waals surface area contributed by atoms with E-state index < -0.39 is 0 Å². The fraction of sp³-hybridized carbons (Fsp3) is 0.455. The normalized spacial score (nSPS) is 34.2. The largest absolute Gasteiger partial charge is 0.352 e. The highest BCUT2D eigenvalue weighted by Gasteiger charge is 2.55. The van der Waals surface area contributed by atoms with Crippen LogP contribution in [0.5, 0.6) is 0 Å². The number of rotatable bonds is 4. The number of hydrogen-bond acceptors (Lipinski definition) is 4. The lowest BCUT2D eigenvalue weighted by Gasteiger charge is -2.55. The predicted octanol–water partition coefficient (Wildman–Crippen LogP) is 1.31. The van der Waals surface area contributed by atoms with Crippen LogP contribution < -0.4 is 5.32 Å². The van der Waals surface area contributed by atoms with Gasteiger partial charge in [-0.05, 0) is 23.3 Å². The smallest absolute Gasteiger partial charge is 0.224 e. The molecule has 1 aromatic carbocycles. The van der Waals surface area contributed by atoms with Gasteiger partial charge in [0.05, 0.1) is 6.42 Å². The van der Waals surface area contributed by atoms with E-state index in [2.05, 4.69) is 50.4 Å². The van der Waals surface area contributed by atoms with Crippen LogP contribution >= 0.6 is 0 Å². The van der Waals surface area contributed by atoms with Crippen molar-refractivity contribution in [2.45, 2.75) is 17.9 Å². The summed E-state index contributed by atoms with van der Waals surface area (Å²) in [5.74, 6) is 0.606. The summed E-state index contributed by atoms with van der Waals surface area (Å²) >= 11 is 0. The lowest BCUT2D eigenvalue weighted by atomic mass is 9.64. The van der Waals surface area contributed by atoms with Gasteiger partial charge in [0, 0.05) is 69.0 Å². The number of carbonyl (C=O) groups excluding carboxylic acids is 1. The molecule has 4 aliphatic heterocycles. The number of nitrogens with one attached hydrogen (secondary N) is 1. The zero-order valence-electron chi connectivity index (χ0n) is 15.6. The third-order valence-electron chi connectivity index (χ3n) is 6.58. The van der Waals surface area contributed by atoms with Gasteiger partial charge in [0.25, 0.3) is 0 Å². The van der Waals surface area contributed by atoms with Gasteiger partial charge in [-0.1, -0.05) is 30.3 Å². The molecule has 4 fully saturated rings. The van der Waals surface area contributed by atoms with Crippen LogP contribution in [0.4, 0.5) is 0 Å². The molecule has 4 aliphatic rings. The van der Waals surface area contributed by atoms with Gasteiger partial charge in [0.1, 0.15) is 0 Å². The van der Waals surface area contributed by atoms with Crippen molar-refractivity contribution >= 4 is 5.91 Å². The van der Waals surface area contributed by atoms with Gasteiger partial charge in [0.15, 0.2) is 0 Å². The Labute approximate surface area is 160 Å². The van der Waals surface area contributed by atoms with Crippen LogP contribution in [0.1, 0.15) is 11.1 Å². The summed E-state index contributed by atoms with van der Waals surface area (Å²) in [5.41, 5.74) is 2.36. The number of nitrogens with zero attached hydrogens (tertiary/aromatic N) is 3. The van der Waals surface area contributed by atoms with E-state index in [1.165, 1.54) is 5.56 Å². The van der Waals surface area contributed by atoms with Gasteiger partial charge in [-0.2, -0.15) is 0 Å². The molecule has 1 amide bonds. The van der Waals surface area contributed by atoms with Gasteiger partial charge in [-0.15, -0.1) is 0 Å². The molecule has 3 atom stereocenters. The Morgan fingerprint density at radius 3 is 2.37 bits per heavy atom. The quantitative estimate of drug-likeness (QED) is 0.891. The Hall–Kier alpha value is -2.24. The van der Waals surface area contributed by atoms with Crippen molar-refractivity contribution in [3.63, 3.8) is 0 Å². The molecular formula is C22H26N4O. The van der Waals surface area contributed by atoms with E-state index in [-0.39, 0.29) is 17.4 Å². The number of carbonyl (C=O) groups is 1. The number of pyridine rings is 1. The maximum absolute atomic E-state index is 12.9. The number of piperidine rings is 2. The molecule has 5 heteroatoms. The van der Waals surface area contributed by atoms with Crippen LogP contribution in [-0.4, -0.2) is 66.0 Å². The number of aromatic nitrogens is 1. The molecule has 0 spiro atoms. The second-order valence-electron chi connectivity index (χ2n) is 8.33. The predicted molar refractivity (Wildman–Crippen MR) is 104 cm³/mol. The zero-order valence-corrected chi connectivity index (χ0v) is 15.6. The number of fused-ring (bicyclic) bond motifs is 1. The minimum Gasteiger partial charge on any atom is -0.352 e. The first-order valence-electron chi connectivity index (χ1n) is 9.91. The number of benzene rings is 1. The average Bonchev–Trinajstić information content (AvgIpc) is 2.94. The van der Waals surface area contributed by atoms with Crippen molar-refractivity contribution in [1.82, 2.24) is 20.1 Å². The summed E-state index contributed by atoms with van der Waals surface area (Å²) in [6.45, 7) is 6.52. The monoisotopic (exact) mass is 362 g/mol. The molecule has 27 heavy (non-hydrogen) atoms. The van der Waals surface area contributed by atoms with Gasteiger partial charge in [-0.3, -0.25) is 9.78 Å². The molecule has 1 N–H and O–H groups in total. The van der Waals surface area contributed by atoms with Crippen molar-refractivity contribution < 1.29 is 4.79 Å². The molecule has 0 radical (unpaired) electrons. The highest BCUT2D eigenvalue weighted by molar-refractivity contribution is 5.79. The molecule has 4 bridgehead atoms. The van der Waals surface area contributed by atoms with Crippen molar-refractivity contribution in [2.75, 3.05) is 39.3 Å². The third kappa shape index (κ3) is 3.05. The van der Waals surface area contributed by atoms with Crippen molar-refractivity contribution in [3.05, 3.63) is 66.0 Å². The van der Waals surface area contributed by atoms with Crippen LogP contribution in [0.2, 0.25) is 0 Å². The molecule has 6 rings (SSSR count). The van der Waals surface area contributed by atoms with E-state index >= 15 is 0 Å². The van der Waals surface area contributed by atoms with Gasteiger partial charge < -0.3 is 15.1 Å². The standard InChI is InChI=1S/C22H26N4O/c27-20(12-17-6-8-23-9-7-17)24-21-18-13-25-10-11-26(14-18)16-22(21,15-25)19-4-2-1-3-5-19/h1-9,18,21H,10-16H2,(H,24,27). The highest BCUT2D eigenvalue weighted by atomic mass is 16.1. The Morgan fingerprint density at radius 1 is 1.04 bits per heavy atom. The molecular weight excluding hydrogens is 336 g/mol. The van der Waals surface area contributed by atoms with E-state index in [0.29, 0.717) is 12.3 Å². The third-order valence-corrected chi connectivity index (χ3v) is 6.58. The minimum atomic E-state index is -0.0210. The first kappa shape index (κ1) is 16.9. The molecule has 2 aromatic rings.